The molecule has 0 radical (unpaired) electrons. The minimum absolute atomic E-state index is 0.224. The molecule has 0 aliphatic heterocycles. The van der Waals surface area contributed by atoms with Crippen molar-refractivity contribution in [3.05, 3.63) is 38.7 Å². The van der Waals surface area contributed by atoms with Crippen molar-refractivity contribution < 1.29 is 0 Å². The van der Waals surface area contributed by atoms with Crippen LogP contribution in [0.4, 0.5) is 0 Å². The van der Waals surface area contributed by atoms with Crippen molar-refractivity contribution in [1.82, 2.24) is 25.0 Å². The van der Waals surface area contributed by atoms with Crippen LogP contribution in [-0.4, -0.2) is 25.0 Å². The number of rotatable bonds is 2. The zero-order chi connectivity index (χ0) is 13.4. The summed E-state index contributed by atoms with van der Waals surface area (Å²) in [5.41, 5.74) is 0.945. The van der Waals surface area contributed by atoms with Gasteiger partial charge in [-0.3, -0.25) is 15.0 Å². The lowest BCUT2D eigenvalue weighted by atomic mass is 10.2. The lowest BCUT2D eigenvalue weighted by Gasteiger charge is -2.03. The van der Waals surface area contributed by atoms with Crippen LogP contribution in [0, 0.1) is 4.77 Å². The zero-order valence-electron chi connectivity index (χ0n) is 9.88. The number of hydrogen-bond donors (Lipinski definition) is 2. The number of hydrogen-bond acceptors (Lipinski definition) is 5. The van der Waals surface area contributed by atoms with Gasteiger partial charge in [-0.05, 0) is 29.7 Å². The standard InChI is InChI=1S/C11H9N5OS2/c1-16-10(17)6(9-12-11(18)14-13-9)5-7(15-16)8-3-2-4-19-8/h2-5H,1H3,(H2,12,13,14,18). The number of H-pyrrole nitrogens is 2. The molecule has 0 aliphatic rings. The maximum atomic E-state index is 12.1. The maximum Gasteiger partial charge on any atom is 0.277 e. The first-order valence-corrected chi connectivity index (χ1v) is 6.71. The van der Waals surface area contributed by atoms with Crippen molar-refractivity contribution in [2.75, 3.05) is 0 Å². The van der Waals surface area contributed by atoms with E-state index < -0.39 is 0 Å². The minimum atomic E-state index is -0.224. The molecule has 3 aromatic rings. The average molecular weight is 291 g/mol. The highest BCUT2D eigenvalue weighted by Gasteiger charge is 2.12. The van der Waals surface area contributed by atoms with E-state index in [2.05, 4.69) is 20.3 Å². The van der Waals surface area contributed by atoms with Crippen LogP contribution >= 0.6 is 23.6 Å². The fourth-order valence-corrected chi connectivity index (χ4v) is 2.54. The Morgan fingerprint density at radius 2 is 2.26 bits per heavy atom. The molecular formula is C11H9N5OS2. The molecule has 0 aromatic carbocycles. The highest BCUT2D eigenvalue weighted by molar-refractivity contribution is 7.71. The predicted molar refractivity (Wildman–Crippen MR) is 75.6 cm³/mol. The molecule has 0 saturated carbocycles. The molecule has 2 N–H and O–H groups in total. The van der Waals surface area contributed by atoms with Crippen molar-refractivity contribution in [1.29, 1.82) is 0 Å². The van der Waals surface area contributed by atoms with E-state index in [4.69, 9.17) is 12.2 Å². The first kappa shape index (κ1) is 12.0. The van der Waals surface area contributed by atoms with E-state index >= 15 is 0 Å². The summed E-state index contributed by atoms with van der Waals surface area (Å²) >= 11 is 6.46. The molecule has 0 saturated heterocycles. The topological polar surface area (TPSA) is 79.4 Å². The molecule has 0 atom stereocenters. The fraction of sp³-hybridized carbons (Fsp3) is 0.0909. The van der Waals surface area contributed by atoms with Gasteiger partial charge in [0.05, 0.1) is 10.4 Å². The lowest BCUT2D eigenvalue weighted by Crippen LogP contribution is -2.22. The quantitative estimate of drug-likeness (QED) is 0.707. The summed E-state index contributed by atoms with van der Waals surface area (Å²) in [5, 5.41) is 11.7. The van der Waals surface area contributed by atoms with Gasteiger partial charge in [0.2, 0.25) is 4.77 Å². The van der Waals surface area contributed by atoms with Gasteiger partial charge in [0, 0.05) is 7.05 Å². The van der Waals surface area contributed by atoms with Gasteiger partial charge >= 0.3 is 0 Å². The summed E-state index contributed by atoms with van der Waals surface area (Å²) < 4.78 is 1.61. The van der Waals surface area contributed by atoms with Crippen molar-refractivity contribution in [3.63, 3.8) is 0 Å². The van der Waals surface area contributed by atoms with Gasteiger partial charge in [-0.25, -0.2) is 4.68 Å². The normalized spacial score (nSPS) is 10.8. The van der Waals surface area contributed by atoms with Crippen LogP contribution in [0.15, 0.2) is 28.4 Å². The number of nitrogens with zero attached hydrogens (tertiary/aromatic N) is 3. The van der Waals surface area contributed by atoms with E-state index in [-0.39, 0.29) is 5.56 Å². The van der Waals surface area contributed by atoms with Crippen molar-refractivity contribution in [2.24, 2.45) is 7.05 Å². The van der Waals surface area contributed by atoms with Gasteiger partial charge in [-0.15, -0.1) is 11.3 Å². The van der Waals surface area contributed by atoms with Crippen LogP contribution in [0.25, 0.3) is 22.0 Å². The second-order valence-corrected chi connectivity index (χ2v) is 5.20. The van der Waals surface area contributed by atoms with E-state index in [0.29, 0.717) is 16.2 Å². The second-order valence-electron chi connectivity index (χ2n) is 3.86. The highest BCUT2D eigenvalue weighted by atomic mass is 32.1. The molecular weight excluding hydrogens is 282 g/mol. The summed E-state index contributed by atoms with van der Waals surface area (Å²) in [6.07, 6.45) is 0. The van der Waals surface area contributed by atoms with Gasteiger partial charge in [-0.2, -0.15) is 10.1 Å². The van der Waals surface area contributed by atoms with E-state index in [9.17, 15) is 4.79 Å². The SMILES string of the molecule is Cn1nc(-c2cccs2)cc(-c2nc(=S)[nH][nH]2)c1=O. The van der Waals surface area contributed by atoms with Crippen LogP contribution in [0.2, 0.25) is 0 Å². The molecule has 0 spiro atoms. The Bertz CT molecular complexity index is 827. The van der Waals surface area contributed by atoms with Crippen LogP contribution in [-0.2, 0) is 7.05 Å². The van der Waals surface area contributed by atoms with Gasteiger partial charge in [0.1, 0.15) is 5.69 Å². The minimum Gasteiger partial charge on any atom is -0.281 e. The molecule has 0 fully saturated rings. The third-order valence-corrected chi connectivity index (χ3v) is 3.68. The Morgan fingerprint density at radius 1 is 1.42 bits per heavy atom. The van der Waals surface area contributed by atoms with Crippen LogP contribution in [0.3, 0.4) is 0 Å². The van der Waals surface area contributed by atoms with Gasteiger partial charge < -0.3 is 0 Å². The number of thiophene rings is 1. The smallest absolute Gasteiger partial charge is 0.277 e. The number of aromatic nitrogens is 5. The second kappa shape index (κ2) is 4.56. The molecule has 0 bridgehead atoms. The van der Waals surface area contributed by atoms with E-state index in [1.54, 1.807) is 24.5 Å². The largest absolute Gasteiger partial charge is 0.281 e. The Labute approximate surface area is 116 Å². The maximum absolute atomic E-state index is 12.1. The summed E-state index contributed by atoms with van der Waals surface area (Å²) in [7, 11) is 1.62. The van der Waals surface area contributed by atoms with Crippen molar-refractivity contribution >= 4 is 23.6 Å². The Balaban J connectivity index is 2.25. The zero-order valence-corrected chi connectivity index (χ0v) is 11.5. The first-order chi connectivity index (χ1) is 9.15. The third kappa shape index (κ3) is 2.15. The van der Waals surface area contributed by atoms with Crippen molar-refractivity contribution in [3.8, 4) is 22.0 Å². The molecule has 19 heavy (non-hydrogen) atoms. The predicted octanol–water partition coefficient (Wildman–Crippen LogP) is 1.96. The average Bonchev–Trinajstić information content (AvgIpc) is 3.03. The molecule has 3 rings (SSSR count). The third-order valence-electron chi connectivity index (χ3n) is 2.59. The molecule has 0 aliphatic carbocycles. The number of aryl methyl sites for hydroxylation is 1. The van der Waals surface area contributed by atoms with Crippen LogP contribution in [0.5, 0.6) is 0 Å². The Hall–Kier alpha value is -2.06. The number of aromatic amines is 2. The van der Waals surface area contributed by atoms with Crippen LogP contribution < -0.4 is 5.56 Å². The Morgan fingerprint density at radius 3 is 2.89 bits per heavy atom. The molecule has 96 valence electrons. The van der Waals surface area contributed by atoms with E-state index in [0.717, 1.165) is 10.6 Å². The number of nitrogens with one attached hydrogen (secondary N) is 2. The fourth-order valence-electron chi connectivity index (χ4n) is 1.72. The molecule has 3 aromatic heterocycles. The first-order valence-electron chi connectivity index (χ1n) is 5.42. The Kier molecular flexibility index (Phi) is 2.88. The summed E-state index contributed by atoms with van der Waals surface area (Å²) in [6.45, 7) is 0. The summed E-state index contributed by atoms with van der Waals surface area (Å²) in [5.74, 6) is 0.422. The summed E-state index contributed by atoms with van der Waals surface area (Å²) in [4.78, 5) is 17.2. The monoisotopic (exact) mass is 291 g/mol. The molecule has 8 heteroatoms. The van der Waals surface area contributed by atoms with E-state index in [1.165, 1.54) is 4.68 Å². The highest BCUT2D eigenvalue weighted by Crippen LogP contribution is 2.23. The van der Waals surface area contributed by atoms with Crippen molar-refractivity contribution in [2.45, 2.75) is 0 Å². The van der Waals surface area contributed by atoms with Gasteiger partial charge in [0.15, 0.2) is 5.82 Å². The summed E-state index contributed by atoms with van der Waals surface area (Å²) in [6, 6.07) is 5.61. The van der Waals surface area contributed by atoms with Gasteiger partial charge in [0.25, 0.3) is 5.56 Å². The lowest BCUT2D eigenvalue weighted by molar-refractivity contribution is 0.714. The molecule has 6 nitrogen and oxygen atoms in total. The van der Waals surface area contributed by atoms with Crippen LogP contribution in [0.1, 0.15) is 0 Å². The molecule has 0 unspecified atom stereocenters. The van der Waals surface area contributed by atoms with Gasteiger partial charge in [-0.1, -0.05) is 6.07 Å². The van der Waals surface area contributed by atoms with E-state index in [1.807, 2.05) is 17.5 Å². The molecule has 3 heterocycles. The molecule has 0 amide bonds.